The summed E-state index contributed by atoms with van der Waals surface area (Å²) in [7, 11) is 0. The number of urea groups is 1. The quantitative estimate of drug-likeness (QED) is 0.548. The number of nitrogens with zero attached hydrogens (tertiary/aromatic N) is 3. The standard InChI is InChI=1S/C25H21ClN4O4/c26-18-10-8-17(9-11-18)19-14-21(22-7-4-12-34-22)30(28-19)23(31)15-29-24(32)20(27-25(29)33)13-16-5-2-1-3-6-16/h1-12,20-21H,13-15H2,(H,27,33)/t20-,21-/m1/s1. The molecule has 0 radical (unpaired) electrons. The lowest BCUT2D eigenvalue weighted by molar-refractivity contribution is -0.138. The van der Waals surface area contributed by atoms with Crippen molar-refractivity contribution >= 4 is 35.2 Å². The Morgan fingerprint density at radius 2 is 1.82 bits per heavy atom. The molecule has 2 aliphatic rings. The van der Waals surface area contributed by atoms with Crippen LogP contribution in [0.15, 0.2) is 82.5 Å². The van der Waals surface area contributed by atoms with Gasteiger partial charge in [-0.3, -0.25) is 14.5 Å². The minimum absolute atomic E-state index is 0.355. The molecule has 1 fully saturated rings. The molecule has 3 aromatic rings. The lowest BCUT2D eigenvalue weighted by Crippen LogP contribution is -2.41. The van der Waals surface area contributed by atoms with Gasteiger partial charge in [0, 0.05) is 17.9 Å². The number of rotatable bonds is 6. The zero-order valence-electron chi connectivity index (χ0n) is 18.1. The Balaban J connectivity index is 1.34. The van der Waals surface area contributed by atoms with Gasteiger partial charge in [-0.05, 0) is 35.4 Å². The highest BCUT2D eigenvalue weighted by Crippen LogP contribution is 2.33. The van der Waals surface area contributed by atoms with Crippen LogP contribution in [0.1, 0.15) is 29.3 Å². The van der Waals surface area contributed by atoms with Crippen LogP contribution in [0.4, 0.5) is 4.79 Å². The van der Waals surface area contributed by atoms with E-state index in [0.29, 0.717) is 29.3 Å². The molecule has 0 aliphatic carbocycles. The molecule has 172 valence electrons. The second-order valence-corrected chi connectivity index (χ2v) is 8.58. The van der Waals surface area contributed by atoms with Gasteiger partial charge in [0.05, 0.1) is 12.0 Å². The summed E-state index contributed by atoms with van der Waals surface area (Å²) in [6.07, 6.45) is 2.31. The summed E-state index contributed by atoms with van der Waals surface area (Å²) < 4.78 is 5.55. The zero-order chi connectivity index (χ0) is 23.7. The summed E-state index contributed by atoms with van der Waals surface area (Å²) in [5.74, 6) is -0.340. The number of halogens is 1. The van der Waals surface area contributed by atoms with Crippen LogP contribution in [-0.4, -0.2) is 46.1 Å². The van der Waals surface area contributed by atoms with E-state index in [1.54, 1.807) is 24.3 Å². The molecule has 0 bridgehead atoms. The normalized spacial score (nSPS) is 20.0. The smallest absolute Gasteiger partial charge is 0.325 e. The van der Waals surface area contributed by atoms with Gasteiger partial charge in [-0.25, -0.2) is 9.80 Å². The lowest BCUT2D eigenvalue weighted by Gasteiger charge is -2.22. The van der Waals surface area contributed by atoms with Crippen LogP contribution in [0.3, 0.4) is 0 Å². The first-order valence-electron chi connectivity index (χ1n) is 10.8. The first kappa shape index (κ1) is 21.9. The molecule has 0 unspecified atom stereocenters. The van der Waals surface area contributed by atoms with Crippen LogP contribution in [0.25, 0.3) is 0 Å². The van der Waals surface area contributed by atoms with E-state index in [-0.39, 0.29) is 0 Å². The van der Waals surface area contributed by atoms with Gasteiger partial charge in [-0.15, -0.1) is 0 Å². The van der Waals surface area contributed by atoms with Gasteiger partial charge in [0.15, 0.2) is 0 Å². The minimum Gasteiger partial charge on any atom is -0.467 e. The van der Waals surface area contributed by atoms with Crippen molar-refractivity contribution in [2.24, 2.45) is 5.10 Å². The van der Waals surface area contributed by atoms with E-state index < -0.39 is 36.5 Å². The van der Waals surface area contributed by atoms with E-state index in [1.165, 1.54) is 11.3 Å². The Morgan fingerprint density at radius 3 is 2.53 bits per heavy atom. The molecular weight excluding hydrogens is 456 g/mol. The molecule has 1 aromatic heterocycles. The Labute approximate surface area is 200 Å². The predicted octanol–water partition coefficient (Wildman–Crippen LogP) is 3.77. The fraction of sp³-hybridized carbons (Fsp3) is 0.200. The van der Waals surface area contributed by atoms with Crippen molar-refractivity contribution in [2.75, 3.05) is 6.54 Å². The van der Waals surface area contributed by atoms with Crippen LogP contribution in [-0.2, 0) is 16.0 Å². The van der Waals surface area contributed by atoms with Gasteiger partial charge < -0.3 is 9.73 Å². The highest BCUT2D eigenvalue weighted by atomic mass is 35.5. The van der Waals surface area contributed by atoms with E-state index in [9.17, 15) is 14.4 Å². The Bertz CT molecular complexity index is 1240. The summed E-state index contributed by atoms with van der Waals surface area (Å²) in [5, 5.41) is 9.11. The number of nitrogens with one attached hydrogen (secondary N) is 1. The average molecular weight is 477 g/mol. The SMILES string of the molecule is O=C1N[C@H](Cc2ccccc2)C(=O)N1CC(=O)N1N=C(c2ccc(Cl)cc2)C[C@@H]1c1ccco1. The van der Waals surface area contributed by atoms with Gasteiger partial charge in [0.1, 0.15) is 24.4 Å². The predicted molar refractivity (Wildman–Crippen MR) is 125 cm³/mol. The van der Waals surface area contributed by atoms with Crippen LogP contribution in [0.2, 0.25) is 5.02 Å². The monoisotopic (exact) mass is 476 g/mol. The van der Waals surface area contributed by atoms with Crippen LogP contribution in [0, 0.1) is 0 Å². The van der Waals surface area contributed by atoms with Crippen molar-refractivity contribution in [3.63, 3.8) is 0 Å². The Hall–Kier alpha value is -3.91. The largest absolute Gasteiger partial charge is 0.467 e. The average Bonchev–Trinajstić information content (AvgIpc) is 3.57. The fourth-order valence-corrected chi connectivity index (χ4v) is 4.31. The number of carbonyl (C=O) groups excluding carboxylic acids is 3. The third kappa shape index (κ3) is 4.32. The molecule has 8 nitrogen and oxygen atoms in total. The summed E-state index contributed by atoms with van der Waals surface area (Å²) in [6.45, 7) is -0.412. The molecule has 1 N–H and O–H groups in total. The molecule has 0 saturated carbocycles. The molecule has 4 amide bonds. The third-order valence-electron chi connectivity index (χ3n) is 5.90. The molecule has 3 heterocycles. The van der Waals surface area contributed by atoms with Crippen molar-refractivity contribution in [2.45, 2.75) is 24.9 Å². The lowest BCUT2D eigenvalue weighted by atomic mass is 10.0. The Kier molecular flexibility index (Phi) is 5.90. The molecule has 2 atom stereocenters. The molecule has 5 rings (SSSR count). The van der Waals surface area contributed by atoms with Gasteiger partial charge in [-0.2, -0.15) is 5.10 Å². The first-order chi connectivity index (χ1) is 16.5. The van der Waals surface area contributed by atoms with Crippen LogP contribution in [0.5, 0.6) is 0 Å². The zero-order valence-corrected chi connectivity index (χ0v) is 18.8. The molecule has 9 heteroatoms. The second-order valence-electron chi connectivity index (χ2n) is 8.14. The van der Waals surface area contributed by atoms with E-state index in [4.69, 9.17) is 16.0 Å². The van der Waals surface area contributed by atoms with Crippen molar-refractivity contribution in [1.29, 1.82) is 0 Å². The van der Waals surface area contributed by atoms with Crippen LogP contribution < -0.4 is 5.32 Å². The van der Waals surface area contributed by atoms with Gasteiger partial charge in [0.2, 0.25) is 0 Å². The summed E-state index contributed by atoms with van der Waals surface area (Å²) in [4.78, 5) is 39.6. The van der Waals surface area contributed by atoms with E-state index in [0.717, 1.165) is 16.0 Å². The number of hydrazone groups is 1. The topological polar surface area (TPSA) is 95.2 Å². The molecule has 1 saturated heterocycles. The van der Waals surface area contributed by atoms with Gasteiger partial charge >= 0.3 is 6.03 Å². The van der Waals surface area contributed by atoms with Crippen molar-refractivity contribution in [1.82, 2.24) is 15.2 Å². The maximum atomic E-state index is 13.3. The summed E-state index contributed by atoms with van der Waals surface area (Å²) in [6, 6.07) is 18.3. The van der Waals surface area contributed by atoms with E-state index in [1.807, 2.05) is 42.5 Å². The Morgan fingerprint density at radius 1 is 1.06 bits per heavy atom. The molecule has 0 spiro atoms. The first-order valence-corrected chi connectivity index (χ1v) is 11.2. The van der Waals surface area contributed by atoms with Crippen molar-refractivity contribution < 1.29 is 18.8 Å². The minimum atomic E-state index is -0.713. The fourth-order valence-electron chi connectivity index (χ4n) is 4.18. The third-order valence-corrected chi connectivity index (χ3v) is 6.15. The highest BCUT2D eigenvalue weighted by Gasteiger charge is 2.42. The number of hydrogen-bond acceptors (Lipinski definition) is 5. The maximum Gasteiger partial charge on any atom is 0.325 e. The molecular formula is C25H21ClN4O4. The number of furan rings is 1. The highest BCUT2D eigenvalue weighted by molar-refractivity contribution is 6.30. The van der Waals surface area contributed by atoms with E-state index in [2.05, 4.69) is 10.4 Å². The van der Waals surface area contributed by atoms with Crippen LogP contribution >= 0.6 is 11.6 Å². The summed E-state index contributed by atoms with van der Waals surface area (Å²) >= 11 is 6.00. The maximum absolute atomic E-state index is 13.3. The number of imide groups is 1. The second kappa shape index (κ2) is 9.15. The number of amides is 4. The van der Waals surface area contributed by atoms with E-state index >= 15 is 0 Å². The number of carbonyl (C=O) groups is 3. The van der Waals surface area contributed by atoms with Gasteiger partial charge in [0.25, 0.3) is 11.8 Å². The molecule has 34 heavy (non-hydrogen) atoms. The molecule has 2 aliphatic heterocycles. The van der Waals surface area contributed by atoms with Crippen molar-refractivity contribution in [3.8, 4) is 0 Å². The molecule has 2 aromatic carbocycles. The van der Waals surface area contributed by atoms with Crippen molar-refractivity contribution in [3.05, 3.63) is 94.9 Å². The van der Waals surface area contributed by atoms with Gasteiger partial charge in [-0.1, -0.05) is 54.1 Å². The number of benzene rings is 2. The number of hydrogen-bond donors (Lipinski definition) is 1. The summed E-state index contributed by atoms with van der Waals surface area (Å²) in [5.41, 5.74) is 2.43.